The molecule has 0 heterocycles. The average molecular weight is 322 g/mol. The topological polar surface area (TPSA) is 101 Å². The number of nitrogens with one attached hydrogen (secondary N) is 2. The van der Waals surface area contributed by atoms with Gasteiger partial charge in [0, 0.05) is 12.2 Å². The van der Waals surface area contributed by atoms with E-state index in [0.29, 0.717) is 18.7 Å². The Hall–Kier alpha value is -1.31. The van der Waals surface area contributed by atoms with Crippen molar-refractivity contribution in [3.05, 3.63) is 29.8 Å². The summed E-state index contributed by atoms with van der Waals surface area (Å²) in [5, 5.41) is 2.67. The number of rotatable bonds is 6. The van der Waals surface area contributed by atoms with Crippen LogP contribution in [0.15, 0.2) is 24.3 Å². The Balaban J connectivity index is 0.00000361. The van der Waals surface area contributed by atoms with Crippen LogP contribution in [0, 0.1) is 0 Å². The van der Waals surface area contributed by atoms with Gasteiger partial charge < -0.3 is 11.1 Å². The van der Waals surface area contributed by atoms with Crippen molar-refractivity contribution in [1.29, 1.82) is 0 Å². The molecule has 1 atom stereocenters. The summed E-state index contributed by atoms with van der Waals surface area (Å²) in [5.41, 5.74) is 7.31. The summed E-state index contributed by atoms with van der Waals surface area (Å²) in [6.07, 6.45) is 1.68. The minimum atomic E-state index is -3.38. The lowest BCUT2D eigenvalue weighted by Crippen LogP contribution is -2.44. The normalized spacial score (nSPS) is 12.3. The van der Waals surface area contributed by atoms with Gasteiger partial charge in [0.15, 0.2) is 0 Å². The van der Waals surface area contributed by atoms with Crippen LogP contribution < -0.4 is 15.8 Å². The summed E-state index contributed by atoms with van der Waals surface area (Å²) in [6.45, 7) is 1.94. The molecule has 0 aromatic heterocycles. The third-order valence-corrected chi connectivity index (χ3v) is 3.26. The predicted molar refractivity (Wildman–Crippen MR) is 82.3 cm³/mol. The fourth-order valence-electron chi connectivity index (χ4n) is 1.54. The number of benzene rings is 1. The number of nitrogens with two attached hydrogens (primary N) is 1. The van der Waals surface area contributed by atoms with E-state index in [0.717, 1.165) is 11.8 Å². The van der Waals surface area contributed by atoms with Gasteiger partial charge in [-0.25, -0.2) is 13.1 Å². The highest BCUT2D eigenvalue weighted by atomic mass is 35.5. The highest BCUT2D eigenvalue weighted by molar-refractivity contribution is 7.88. The molecule has 0 aliphatic rings. The molecule has 8 heteroatoms. The molecule has 0 spiro atoms. The minimum absolute atomic E-state index is 0. The Labute approximate surface area is 125 Å². The molecule has 6 nitrogen and oxygen atoms in total. The molecular formula is C12H20ClN3O3S. The third kappa shape index (κ3) is 7.32. The maximum Gasteiger partial charge on any atom is 0.237 e. The van der Waals surface area contributed by atoms with E-state index in [2.05, 4.69) is 10.0 Å². The fourth-order valence-corrected chi connectivity index (χ4v) is 2.29. The van der Waals surface area contributed by atoms with E-state index in [1.54, 1.807) is 12.1 Å². The molecule has 0 radical (unpaired) electrons. The largest absolute Gasteiger partial charge is 0.399 e. The summed E-state index contributed by atoms with van der Waals surface area (Å²) in [7, 11) is -3.38. The molecule has 20 heavy (non-hydrogen) atoms. The molecule has 0 saturated carbocycles. The molecule has 0 fully saturated rings. The van der Waals surface area contributed by atoms with Crippen molar-refractivity contribution < 1.29 is 13.2 Å². The SMILES string of the molecule is CC(NS(C)(=O)=O)C(=O)NCCc1ccc(N)cc1.Cl. The zero-order chi connectivity index (χ0) is 14.5. The van der Waals surface area contributed by atoms with E-state index >= 15 is 0 Å². The number of hydrogen-bond acceptors (Lipinski definition) is 4. The molecule has 4 N–H and O–H groups in total. The molecule has 1 aromatic rings. The van der Waals surface area contributed by atoms with Crippen LogP contribution in [-0.2, 0) is 21.2 Å². The number of amides is 1. The Morgan fingerprint density at radius 2 is 1.85 bits per heavy atom. The maximum atomic E-state index is 11.6. The lowest BCUT2D eigenvalue weighted by molar-refractivity contribution is -0.122. The first-order valence-electron chi connectivity index (χ1n) is 5.87. The van der Waals surface area contributed by atoms with Crippen LogP contribution in [-0.4, -0.2) is 33.2 Å². The van der Waals surface area contributed by atoms with Crippen molar-refractivity contribution in [2.45, 2.75) is 19.4 Å². The number of hydrogen-bond donors (Lipinski definition) is 3. The van der Waals surface area contributed by atoms with Crippen molar-refractivity contribution in [2.75, 3.05) is 18.5 Å². The Morgan fingerprint density at radius 3 is 2.35 bits per heavy atom. The standard InChI is InChI=1S/C12H19N3O3S.ClH/c1-9(15-19(2,17)18)12(16)14-8-7-10-3-5-11(13)6-4-10;/h3-6,9,15H,7-8,13H2,1-2H3,(H,14,16);1H. The number of carbonyl (C=O) groups excluding carboxylic acids is 1. The number of anilines is 1. The smallest absolute Gasteiger partial charge is 0.237 e. The summed E-state index contributed by atoms with van der Waals surface area (Å²) < 4.78 is 24.2. The van der Waals surface area contributed by atoms with Crippen molar-refractivity contribution in [2.24, 2.45) is 0 Å². The predicted octanol–water partition coefficient (Wildman–Crippen LogP) is 0.287. The van der Waals surface area contributed by atoms with Crippen LogP contribution in [0.3, 0.4) is 0 Å². The van der Waals surface area contributed by atoms with Gasteiger partial charge in [-0.3, -0.25) is 4.79 Å². The summed E-state index contributed by atoms with van der Waals surface area (Å²) in [4.78, 5) is 11.6. The molecule has 0 aliphatic heterocycles. The van der Waals surface area contributed by atoms with Gasteiger partial charge >= 0.3 is 0 Å². The number of halogens is 1. The van der Waals surface area contributed by atoms with Gasteiger partial charge in [0.05, 0.1) is 12.3 Å². The van der Waals surface area contributed by atoms with Crippen LogP contribution in [0.1, 0.15) is 12.5 Å². The molecule has 1 rings (SSSR count). The average Bonchev–Trinajstić information content (AvgIpc) is 2.29. The molecule has 0 bridgehead atoms. The molecule has 0 aliphatic carbocycles. The van der Waals surface area contributed by atoms with Crippen molar-refractivity contribution in [3.8, 4) is 0 Å². The van der Waals surface area contributed by atoms with Gasteiger partial charge in [-0.2, -0.15) is 0 Å². The van der Waals surface area contributed by atoms with Gasteiger partial charge in [0.2, 0.25) is 15.9 Å². The number of nitrogen functional groups attached to an aromatic ring is 1. The van der Waals surface area contributed by atoms with Crippen molar-refractivity contribution in [3.63, 3.8) is 0 Å². The van der Waals surface area contributed by atoms with Crippen LogP contribution in [0.2, 0.25) is 0 Å². The first kappa shape index (κ1) is 18.7. The zero-order valence-electron chi connectivity index (χ0n) is 11.4. The quantitative estimate of drug-likeness (QED) is 0.655. The van der Waals surface area contributed by atoms with Crippen LogP contribution in [0.5, 0.6) is 0 Å². The molecule has 114 valence electrons. The second-order valence-corrected chi connectivity index (χ2v) is 6.17. The van der Waals surface area contributed by atoms with E-state index < -0.39 is 16.1 Å². The summed E-state index contributed by atoms with van der Waals surface area (Å²) >= 11 is 0. The Morgan fingerprint density at radius 1 is 1.30 bits per heavy atom. The Kier molecular flexibility index (Phi) is 7.55. The second kappa shape index (κ2) is 8.08. The molecular weight excluding hydrogens is 302 g/mol. The number of sulfonamides is 1. The van der Waals surface area contributed by atoms with Crippen molar-refractivity contribution >= 4 is 34.0 Å². The Bertz CT molecular complexity index is 531. The highest BCUT2D eigenvalue weighted by Crippen LogP contribution is 2.05. The van der Waals surface area contributed by atoms with E-state index in [1.165, 1.54) is 6.92 Å². The molecule has 1 aromatic carbocycles. The second-order valence-electron chi connectivity index (χ2n) is 4.39. The van der Waals surface area contributed by atoms with Gasteiger partial charge in [0.25, 0.3) is 0 Å². The zero-order valence-corrected chi connectivity index (χ0v) is 13.1. The molecule has 1 unspecified atom stereocenters. The maximum absolute atomic E-state index is 11.6. The van der Waals surface area contributed by atoms with Crippen molar-refractivity contribution in [1.82, 2.24) is 10.0 Å². The van der Waals surface area contributed by atoms with E-state index in [-0.39, 0.29) is 18.3 Å². The molecule has 1 amide bonds. The van der Waals surface area contributed by atoms with Gasteiger partial charge in [0.1, 0.15) is 0 Å². The fraction of sp³-hybridized carbons (Fsp3) is 0.417. The lowest BCUT2D eigenvalue weighted by Gasteiger charge is -2.12. The van der Waals surface area contributed by atoms with Crippen LogP contribution in [0.25, 0.3) is 0 Å². The minimum Gasteiger partial charge on any atom is -0.399 e. The summed E-state index contributed by atoms with van der Waals surface area (Å²) in [6, 6.07) is 6.59. The van der Waals surface area contributed by atoms with E-state index in [1.807, 2.05) is 12.1 Å². The summed E-state index contributed by atoms with van der Waals surface area (Å²) in [5.74, 6) is -0.346. The monoisotopic (exact) mass is 321 g/mol. The van der Waals surface area contributed by atoms with Gasteiger partial charge in [-0.05, 0) is 31.0 Å². The first-order valence-corrected chi connectivity index (χ1v) is 7.76. The lowest BCUT2D eigenvalue weighted by atomic mass is 10.1. The first-order chi connectivity index (χ1) is 8.78. The van der Waals surface area contributed by atoms with E-state index in [9.17, 15) is 13.2 Å². The van der Waals surface area contributed by atoms with E-state index in [4.69, 9.17) is 5.73 Å². The van der Waals surface area contributed by atoms with Gasteiger partial charge in [-0.15, -0.1) is 12.4 Å². The third-order valence-electron chi connectivity index (χ3n) is 2.48. The highest BCUT2D eigenvalue weighted by Gasteiger charge is 2.15. The van der Waals surface area contributed by atoms with Crippen LogP contribution in [0.4, 0.5) is 5.69 Å². The van der Waals surface area contributed by atoms with Gasteiger partial charge in [-0.1, -0.05) is 12.1 Å². The number of carbonyl (C=O) groups is 1. The van der Waals surface area contributed by atoms with Crippen LogP contribution >= 0.6 is 12.4 Å². The molecule has 0 saturated heterocycles.